The summed E-state index contributed by atoms with van der Waals surface area (Å²) in [5, 5.41) is 0. The Morgan fingerprint density at radius 2 is 1.43 bits per heavy atom. The first-order valence-corrected chi connectivity index (χ1v) is 9.77. The summed E-state index contributed by atoms with van der Waals surface area (Å²) in [6.45, 7) is 11.2. The van der Waals surface area contributed by atoms with Crippen molar-refractivity contribution in [2.45, 2.75) is 19.3 Å². The molecule has 86 valence electrons. The van der Waals surface area contributed by atoms with Gasteiger partial charge in [0.1, 0.15) is 0 Å². The quantitative estimate of drug-likeness (QED) is 0.501. The van der Waals surface area contributed by atoms with Crippen LogP contribution in [0, 0.1) is 0 Å². The van der Waals surface area contributed by atoms with E-state index in [1.54, 1.807) is 7.11 Å². The van der Waals surface area contributed by atoms with E-state index in [1.807, 2.05) is 6.92 Å². The van der Waals surface area contributed by atoms with Crippen molar-refractivity contribution < 1.29 is 9.47 Å². The molecule has 0 saturated heterocycles. The van der Waals surface area contributed by atoms with E-state index in [-0.39, 0.29) is 22.1 Å². The van der Waals surface area contributed by atoms with Crippen LogP contribution in [0.3, 0.4) is 0 Å². The summed E-state index contributed by atoms with van der Waals surface area (Å²) in [5.41, 5.74) is 0. The van der Waals surface area contributed by atoms with E-state index < -0.39 is 0 Å². The maximum atomic E-state index is 5.83. The Morgan fingerprint density at radius 3 is 1.71 bits per heavy atom. The van der Waals surface area contributed by atoms with Crippen molar-refractivity contribution in [2.75, 3.05) is 46.1 Å². The molecule has 14 heavy (non-hydrogen) atoms. The highest BCUT2D eigenvalue weighted by Crippen LogP contribution is 2.33. The van der Waals surface area contributed by atoms with Crippen LogP contribution in [0.4, 0.5) is 0 Å². The molecule has 4 heteroatoms. The first-order chi connectivity index (χ1) is 6.45. The van der Waals surface area contributed by atoms with E-state index in [9.17, 15) is 0 Å². The number of hydrogen-bond acceptors (Lipinski definition) is 2. The zero-order chi connectivity index (χ0) is 11.1. The van der Waals surface area contributed by atoms with E-state index in [1.165, 1.54) is 12.3 Å². The second kappa shape index (κ2) is 7.99. The molecule has 0 heterocycles. The van der Waals surface area contributed by atoms with E-state index in [2.05, 4.69) is 26.7 Å². The topological polar surface area (TPSA) is 18.5 Å². The van der Waals surface area contributed by atoms with Crippen molar-refractivity contribution in [3.05, 3.63) is 0 Å². The predicted octanol–water partition coefficient (Wildman–Crippen LogP) is 2.85. The molecule has 1 unspecified atom stereocenters. The van der Waals surface area contributed by atoms with Crippen LogP contribution in [0.15, 0.2) is 0 Å². The van der Waals surface area contributed by atoms with Crippen molar-refractivity contribution in [3.63, 3.8) is 0 Å². The Hall–Kier alpha value is 0.780. The highest BCUT2D eigenvalue weighted by atomic mass is 31.1. The fourth-order valence-corrected chi connectivity index (χ4v) is 3.55. The zero-order valence-corrected chi connectivity index (χ0v) is 12.1. The van der Waals surface area contributed by atoms with Gasteiger partial charge < -0.3 is 9.47 Å². The van der Waals surface area contributed by atoms with Crippen LogP contribution in [0.2, 0.25) is 0 Å². The Kier molecular flexibility index (Phi) is 8.44. The minimum absolute atomic E-state index is 0.0649. The molecule has 0 aliphatic heterocycles. The number of rotatable bonds is 7. The summed E-state index contributed by atoms with van der Waals surface area (Å²) in [5.74, 6) is 0. The third-order valence-corrected chi connectivity index (χ3v) is 4.13. The summed E-state index contributed by atoms with van der Waals surface area (Å²) in [4.78, 5) is 0. The number of methoxy groups -OCH3 is 1. The second-order valence-corrected chi connectivity index (χ2v) is 9.13. The molecule has 0 aromatic carbocycles. The second-order valence-electron chi connectivity index (χ2n) is 4.09. The third kappa shape index (κ3) is 8.12. The van der Waals surface area contributed by atoms with Crippen LogP contribution in [0.25, 0.3) is 0 Å². The molecule has 0 aliphatic carbocycles. The first-order valence-electron chi connectivity index (χ1n) is 4.93. The van der Waals surface area contributed by atoms with Crippen molar-refractivity contribution in [3.8, 4) is 0 Å². The smallest absolute Gasteiger partial charge is 0.154 e. The van der Waals surface area contributed by atoms with Crippen molar-refractivity contribution in [1.29, 1.82) is 0 Å². The molecule has 0 amide bonds. The van der Waals surface area contributed by atoms with Crippen LogP contribution < -0.4 is 0 Å². The molecule has 0 bridgehead atoms. The lowest BCUT2D eigenvalue weighted by molar-refractivity contribution is -0.132. The molecule has 2 nitrogen and oxygen atoms in total. The van der Waals surface area contributed by atoms with Crippen LogP contribution in [-0.4, -0.2) is 58.5 Å². The largest absolute Gasteiger partial charge is 0.356 e. The average molecular weight is 238 g/mol. The van der Waals surface area contributed by atoms with Gasteiger partial charge in [-0.05, 0) is 45.9 Å². The molecule has 0 rings (SSSR count). The molecule has 0 radical (unpaired) electrons. The minimum Gasteiger partial charge on any atom is -0.356 e. The fraction of sp³-hybridized carbons (Fsp3) is 1.00. The highest BCUT2D eigenvalue weighted by Gasteiger charge is 2.15. The SMILES string of the molecule is COC(C)OC(CP(C)C)CP(C)C. The molecule has 0 saturated carbocycles. The molecular weight excluding hydrogens is 214 g/mol. The van der Waals surface area contributed by atoms with Crippen molar-refractivity contribution in [2.24, 2.45) is 0 Å². The summed E-state index contributed by atoms with van der Waals surface area (Å²) < 4.78 is 11.0. The molecule has 0 aromatic heterocycles. The van der Waals surface area contributed by atoms with E-state index in [0.717, 1.165) is 0 Å². The Labute approximate surface area is 91.3 Å². The molecular formula is C10H24O2P2. The Morgan fingerprint density at radius 1 is 1.00 bits per heavy atom. The number of hydrogen-bond donors (Lipinski definition) is 0. The van der Waals surface area contributed by atoms with Gasteiger partial charge in [0.25, 0.3) is 0 Å². The third-order valence-electron chi connectivity index (χ3n) is 1.85. The lowest BCUT2D eigenvalue weighted by Crippen LogP contribution is -2.26. The average Bonchev–Trinajstić information content (AvgIpc) is 2.01. The lowest BCUT2D eigenvalue weighted by atomic mass is 10.4. The van der Waals surface area contributed by atoms with Gasteiger partial charge in [-0.1, -0.05) is 0 Å². The Balaban J connectivity index is 3.96. The van der Waals surface area contributed by atoms with Crippen molar-refractivity contribution >= 4 is 15.8 Å². The maximum Gasteiger partial charge on any atom is 0.154 e. The molecule has 0 N–H and O–H groups in total. The van der Waals surface area contributed by atoms with Crippen molar-refractivity contribution in [1.82, 2.24) is 0 Å². The Bertz CT molecular complexity index is 130. The van der Waals surface area contributed by atoms with Gasteiger partial charge in [-0.3, -0.25) is 0 Å². The summed E-state index contributed by atoms with van der Waals surface area (Å²) in [7, 11) is 1.95. The van der Waals surface area contributed by atoms with Gasteiger partial charge in [0.2, 0.25) is 0 Å². The first kappa shape index (κ1) is 14.8. The number of ether oxygens (including phenoxy) is 2. The van der Waals surface area contributed by atoms with Gasteiger partial charge in [-0.15, -0.1) is 15.8 Å². The lowest BCUT2D eigenvalue weighted by Gasteiger charge is -2.24. The standard InChI is InChI=1S/C10H24O2P2/c1-9(11-2)12-10(7-13(3)4)8-14(5)6/h9-10H,7-8H2,1-6H3. The van der Waals surface area contributed by atoms with Gasteiger partial charge >= 0.3 is 0 Å². The van der Waals surface area contributed by atoms with Gasteiger partial charge in [0, 0.05) is 7.11 Å². The fourth-order valence-electron chi connectivity index (χ4n) is 1.28. The van der Waals surface area contributed by atoms with E-state index in [4.69, 9.17) is 9.47 Å². The normalized spacial score (nSPS) is 14.4. The van der Waals surface area contributed by atoms with E-state index >= 15 is 0 Å². The molecule has 0 aromatic rings. The maximum absolute atomic E-state index is 5.83. The molecule has 0 spiro atoms. The van der Waals surface area contributed by atoms with Crippen LogP contribution >= 0.6 is 15.8 Å². The van der Waals surface area contributed by atoms with Crippen LogP contribution in [0.1, 0.15) is 6.92 Å². The molecule has 0 aliphatic rings. The monoisotopic (exact) mass is 238 g/mol. The van der Waals surface area contributed by atoms with Crippen LogP contribution in [-0.2, 0) is 9.47 Å². The van der Waals surface area contributed by atoms with Gasteiger partial charge in [0.15, 0.2) is 6.29 Å². The van der Waals surface area contributed by atoms with Gasteiger partial charge in [0.05, 0.1) is 6.10 Å². The summed E-state index contributed by atoms with van der Waals surface area (Å²) in [6, 6.07) is 0. The van der Waals surface area contributed by atoms with E-state index in [0.29, 0.717) is 6.10 Å². The molecule has 1 atom stereocenters. The van der Waals surface area contributed by atoms with Gasteiger partial charge in [-0.25, -0.2) is 0 Å². The summed E-state index contributed by atoms with van der Waals surface area (Å²) >= 11 is 0. The molecule has 0 fully saturated rings. The zero-order valence-electron chi connectivity index (χ0n) is 10.3. The van der Waals surface area contributed by atoms with Gasteiger partial charge in [-0.2, -0.15) is 0 Å². The minimum atomic E-state index is -0.0649. The predicted molar refractivity (Wildman–Crippen MR) is 68.6 cm³/mol. The summed E-state index contributed by atoms with van der Waals surface area (Å²) in [6.07, 6.45) is 2.73. The highest BCUT2D eigenvalue weighted by molar-refractivity contribution is 7.57. The van der Waals surface area contributed by atoms with Crippen LogP contribution in [0.5, 0.6) is 0 Å².